The van der Waals surface area contributed by atoms with Crippen molar-refractivity contribution in [2.24, 2.45) is 0 Å². The van der Waals surface area contributed by atoms with Gasteiger partial charge in [0.15, 0.2) is 0 Å². The van der Waals surface area contributed by atoms with Crippen molar-refractivity contribution in [3.05, 3.63) is 30.9 Å². The molecule has 1 aromatic heterocycles. The van der Waals surface area contributed by atoms with Gasteiger partial charge in [-0.25, -0.2) is 4.98 Å². The molecule has 0 bridgehead atoms. The number of carbonyl (C=O) groups is 1. The highest BCUT2D eigenvalue weighted by atomic mass is 79.9. The number of rotatable bonds is 19. The van der Waals surface area contributed by atoms with E-state index in [-0.39, 0.29) is 36.4 Å². The fourth-order valence-corrected chi connectivity index (χ4v) is 3.52. The van der Waals surface area contributed by atoms with Crippen LogP contribution in [0.5, 0.6) is 0 Å². The lowest BCUT2D eigenvalue weighted by Crippen LogP contribution is -3.00. The summed E-state index contributed by atoms with van der Waals surface area (Å²) in [5.74, 6) is -0.0245. The first-order chi connectivity index (χ1) is 14.3. The third kappa shape index (κ3) is 18.5. The fourth-order valence-electron chi connectivity index (χ4n) is 3.52. The van der Waals surface area contributed by atoms with Crippen molar-refractivity contribution in [1.29, 1.82) is 0 Å². The molecule has 4 nitrogen and oxygen atoms in total. The van der Waals surface area contributed by atoms with Crippen LogP contribution >= 0.6 is 13.5 Å². The van der Waals surface area contributed by atoms with Crippen LogP contribution in [0.1, 0.15) is 116 Å². The van der Waals surface area contributed by atoms with Crippen molar-refractivity contribution in [2.45, 2.75) is 116 Å². The molecular weight excluding hydrogens is 472 g/mol. The van der Waals surface area contributed by atoms with Crippen molar-refractivity contribution in [2.75, 3.05) is 6.61 Å². The van der Waals surface area contributed by atoms with Crippen molar-refractivity contribution in [3.8, 4) is 0 Å². The number of allylic oxidation sites excluding steroid dienone is 2. The third-order valence-corrected chi connectivity index (χ3v) is 5.42. The third-order valence-electron chi connectivity index (χ3n) is 5.42. The number of hydrogen-bond acceptors (Lipinski definition) is 3. The van der Waals surface area contributed by atoms with Crippen LogP contribution in [-0.4, -0.2) is 22.1 Å². The largest absolute Gasteiger partial charge is 1.00 e. The molecule has 0 spiro atoms. The number of nitrogens with zero attached hydrogens (tertiary/aromatic N) is 2. The Labute approximate surface area is 208 Å². The van der Waals surface area contributed by atoms with Crippen molar-refractivity contribution >= 4 is 19.5 Å². The van der Waals surface area contributed by atoms with E-state index >= 15 is 0 Å². The second-order valence-corrected chi connectivity index (χ2v) is 8.10. The fraction of sp³-hybridized carbons (Fsp3) is 0.760. The Bertz CT molecular complexity index is 524. The molecule has 1 aromatic rings. The molecule has 0 aliphatic rings. The van der Waals surface area contributed by atoms with Gasteiger partial charge in [-0.15, -0.1) is 0 Å². The lowest BCUT2D eigenvalue weighted by molar-refractivity contribution is -0.143. The average molecular weight is 519 g/mol. The van der Waals surface area contributed by atoms with Gasteiger partial charge >= 0.3 is 5.97 Å². The molecule has 1 heterocycles. The summed E-state index contributed by atoms with van der Waals surface area (Å²) >= 11 is 0. The molecule has 1 atom stereocenters. The first-order valence-corrected chi connectivity index (χ1v) is 12.1. The van der Waals surface area contributed by atoms with Crippen molar-refractivity contribution in [1.82, 2.24) is 9.55 Å². The number of halogens is 1. The quantitative estimate of drug-likeness (QED) is 0.154. The van der Waals surface area contributed by atoms with E-state index in [2.05, 4.69) is 41.7 Å². The lowest BCUT2D eigenvalue weighted by Gasteiger charge is -2.16. The van der Waals surface area contributed by atoms with Gasteiger partial charge in [0, 0.05) is 24.9 Å². The Balaban J connectivity index is 0. The molecule has 0 fully saturated rings. The minimum Gasteiger partial charge on any atom is -1.00 e. The maximum absolute atomic E-state index is 11.5. The number of ether oxygens (including phenoxy) is 1. The second-order valence-electron chi connectivity index (χ2n) is 8.10. The van der Waals surface area contributed by atoms with Gasteiger partial charge in [-0.05, 0) is 38.5 Å². The van der Waals surface area contributed by atoms with E-state index in [0.717, 1.165) is 38.5 Å². The Morgan fingerprint density at radius 3 is 2.39 bits per heavy atom. The molecule has 0 aliphatic carbocycles. The van der Waals surface area contributed by atoms with Crippen LogP contribution < -0.4 is 17.0 Å². The first kappa shape index (κ1) is 32.4. The van der Waals surface area contributed by atoms with Gasteiger partial charge in [0.05, 0.1) is 12.9 Å². The Hall–Kier alpha value is -0.750. The highest BCUT2D eigenvalue weighted by molar-refractivity contribution is 7.59. The van der Waals surface area contributed by atoms with Crippen LogP contribution in [0, 0.1) is 0 Å². The van der Waals surface area contributed by atoms with E-state index < -0.39 is 0 Å². The molecule has 182 valence electrons. The molecule has 6 heteroatoms. The number of imidazole rings is 1. The number of hydrogen-bond donors (Lipinski definition) is 0. The minimum atomic E-state index is -0.0245. The zero-order valence-electron chi connectivity index (χ0n) is 19.9. The van der Waals surface area contributed by atoms with Gasteiger partial charge in [-0.2, -0.15) is 13.5 Å². The summed E-state index contributed by atoms with van der Waals surface area (Å²) in [7, 11) is 0. The highest BCUT2D eigenvalue weighted by Crippen LogP contribution is 2.21. The molecule has 31 heavy (non-hydrogen) atoms. The number of unbranched alkanes of at least 4 members (excludes halogenated alkanes) is 9. The van der Waals surface area contributed by atoms with Gasteiger partial charge in [0.25, 0.3) is 0 Å². The van der Waals surface area contributed by atoms with Crippen LogP contribution in [0.2, 0.25) is 0 Å². The molecule has 0 amide bonds. The van der Waals surface area contributed by atoms with Crippen LogP contribution in [0.25, 0.3) is 0 Å². The van der Waals surface area contributed by atoms with Crippen LogP contribution in [0.15, 0.2) is 30.9 Å². The highest BCUT2D eigenvalue weighted by Gasteiger charge is 2.08. The van der Waals surface area contributed by atoms with Gasteiger partial charge < -0.3 is 26.3 Å². The van der Waals surface area contributed by atoms with Crippen molar-refractivity contribution in [3.63, 3.8) is 0 Å². The van der Waals surface area contributed by atoms with Crippen LogP contribution in [0.3, 0.4) is 0 Å². The predicted molar refractivity (Wildman–Crippen MR) is 132 cm³/mol. The maximum atomic E-state index is 11.5. The van der Waals surface area contributed by atoms with E-state index in [1.54, 1.807) is 0 Å². The average Bonchev–Trinajstić information content (AvgIpc) is 3.25. The predicted octanol–water partition coefficient (Wildman–Crippen LogP) is 4.53. The smallest absolute Gasteiger partial charge is 0.305 e. The molecule has 0 N–H and O–H groups in total. The topological polar surface area (TPSA) is 44.1 Å². The van der Waals surface area contributed by atoms with Gasteiger partial charge in [-0.3, -0.25) is 4.79 Å². The van der Waals surface area contributed by atoms with Crippen LogP contribution in [-0.2, 0) is 9.53 Å². The molecule has 0 aromatic carbocycles. The normalized spacial score (nSPS) is 11.7. The lowest BCUT2D eigenvalue weighted by atomic mass is 10.0. The molecule has 1 rings (SSSR count). The SMILES string of the molecule is CCCCCC[C@@H](C/C=C\CCCCCCCC(=O)OCCCC)n1ccnc1.S.[Br-]. The van der Waals surface area contributed by atoms with Gasteiger partial charge in [-0.1, -0.05) is 77.4 Å². The van der Waals surface area contributed by atoms with E-state index in [4.69, 9.17) is 4.74 Å². The zero-order chi connectivity index (χ0) is 21.0. The summed E-state index contributed by atoms with van der Waals surface area (Å²) in [6, 6.07) is 0.544. The first-order valence-electron chi connectivity index (χ1n) is 12.1. The Morgan fingerprint density at radius 1 is 0.968 bits per heavy atom. The molecule has 0 aliphatic heterocycles. The Kier molecular flexibility index (Phi) is 25.0. The summed E-state index contributed by atoms with van der Waals surface area (Å²) in [6.45, 7) is 4.95. The van der Waals surface area contributed by atoms with Gasteiger partial charge in [0.2, 0.25) is 0 Å². The van der Waals surface area contributed by atoms with Crippen LogP contribution in [0.4, 0.5) is 0 Å². The summed E-state index contributed by atoms with van der Waals surface area (Å²) in [6.07, 6.45) is 27.8. The minimum absolute atomic E-state index is 0. The maximum Gasteiger partial charge on any atom is 0.305 e. The number of carbonyl (C=O) groups excluding carboxylic acids is 1. The second kappa shape index (κ2) is 23.9. The molecule has 0 unspecified atom stereocenters. The summed E-state index contributed by atoms with van der Waals surface area (Å²) in [5.41, 5.74) is 0. The summed E-state index contributed by atoms with van der Waals surface area (Å²) < 4.78 is 7.45. The molecule has 0 saturated carbocycles. The zero-order valence-corrected chi connectivity index (χ0v) is 22.5. The molecular formula is C25H46BrN2O2S-. The van der Waals surface area contributed by atoms with E-state index in [1.165, 1.54) is 51.4 Å². The van der Waals surface area contributed by atoms with E-state index in [0.29, 0.717) is 19.1 Å². The summed E-state index contributed by atoms with van der Waals surface area (Å²) in [4.78, 5) is 15.7. The molecule has 0 saturated heterocycles. The van der Waals surface area contributed by atoms with Crippen molar-refractivity contribution < 1.29 is 26.5 Å². The Morgan fingerprint density at radius 2 is 1.68 bits per heavy atom. The standard InChI is InChI=1S/C25H44N2O2.BrH.H2S/c1-3-5-7-14-17-24(27-21-20-26-23-27)18-15-12-10-8-9-11-13-16-19-25(28)29-22-6-4-2;;/h12,15,20-21,23-24H,3-11,13-14,16-19,22H2,1-2H3;1H;1H2/p-1/b15-12-;;/t24-;;/m0../s1. The van der Waals surface area contributed by atoms with E-state index in [9.17, 15) is 4.79 Å². The molecule has 0 radical (unpaired) electrons. The van der Waals surface area contributed by atoms with E-state index in [1.807, 2.05) is 12.5 Å². The number of aromatic nitrogens is 2. The summed E-state index contributed by atoms with van der Waals surface area (Å²) in [5, 5.41) is 0. The monoisotopic (exact) mass is 517 g/mol. The number of esters is 1. The van der Waals surface area contributed by atoms with Gasteiger partial charge in [0.1, 0.15) is 0 Å².